The Morgan fingerprint density at radius 2 is 2.10 bits per heavy atom. The first-order valence-electron chi connectivity index (χ1n) is 6.63. The zero-order valence-corrected chi connectivity index (χ0v) is 12.7. The van der Waals surface area contributed by atoms with E-state index in [1.807, 2.05) is 23.7 Å². The SMILES string of the molecule is C[C@H](NC(C)(C)c1ccc2c(c1)OCO2)c1nccs1. The van der Waals surface area contributed by atoms with Gasteiger partial charge >= 0.3 is 0 Å². The maximum atomic E-state index is 5.45. The quantitative estimate of drug-likeness (QED) is 0.936. The van der Waals surface area contributed by atoms with Crippen LogP contribution < -0.4 is 14.8 Å². The molecule has 0 aliphatic carbocycles. The lowest BCUT2D eigenvalue weighted by Crippen LogP contribution is -2.38. The largest absolute Gasteiger partial charge is 0.454 e. The van der Waals surface area contributed by atoms with Crippen LogP contribution in [-0.2, 0) is 5.54 Å². The second-order valence-corrected chi connectivity index (χ2v) is 6.36. The van der Waals surface area contributed by atoms with E-state index in [0.29, 0.717) is 6.79 Å². The third-order valence-corrected chi connectivity index (χ3v) is 4.45. The van der Waals surface area contributed by atoms with E-state index in [1.165, 1.54) is 5.56 Å². The highest BCUT2D eigenvalue weighted by Gasteiger charge is 2.26. The van der Waals surface area contributed by atoms with Crippen molar-refractivity contribution >= 4 is 11.3 Å². The standard InChI is InChI=1S/C15H18N2O2S/c1-10(14-16-6-7-20-14)17-15(2,3)11-4-5-12-13(8-11)19-9-18-12/h4-8,10,17H,9H2,1-3H3/t10-/m0/s1. The van der Waals surface area contributed by atoms with Crippen LogP contribution in [0.25, 0.3) is 0 Å². The Balaban J connectivity index is 1.81. The molecule has 4 nitrogen and oxygen atoms in total. The average Bonchev–Trinajstić information content (AvgIpc) is 3.08. The first kappa shape index (κ1) is 13.4. The lowest BCUT2D eigenvalue weighted by atomic mass is 9.93. The van der Waals surface area contributed by atoms with Gasteiger partial charge in [0, 0.05) is 17.1 Å². The molecule has 0 saturated heterocycles. The Morgan fingerprint density at radius 1 is 1.30 bits per heavy atom. The van der Waals surface area contributed by atoms with E-state index in [0.717, 1.165) is 16.5 Å². The molecule has 0 spiro atoms. The van der Waals surface area contributed by atoms with Crippen molar-refractivity contribution in [1.29, 1.82) is 0 Å². The summed E-state index contributed by atoms with van der Waals surface area (Å²) in [5.41, 5.74) is 0.997. The third-order valence-electron chi connectivity index (χ3n) is 3.49. The molecule has 1 aromatic heterocycles. The van der Waals surface area contributed by atoms with Gasteiger partial charge in [0.2, 0.25) is 6.79 Å². The minimum Gasteiger partial charge on any atom is -0.454 e. The highest BCUT2D eigenvalue weighted by atomic mass is 32.1. The molecule has 1 aromatic carbocycles. The van der Waals surface area contributed by atoms with Crippen LogP contribution in [0.3, 0.4) is 0 Å². The second-order valence-electron chi connectivity index (χ2n) is 5.43. The fourth-order valence-electron chi connectivity index (χ4n) is 2.42. The van der Waals surface area contributed by atoms with E-state index in [4.69, 9.17) is 9.47 Å². The van der Waals surface area contributed by atoms with Crippen LogP contribution in [0.4, 0.5) is 0 Å². The van der Waals surface area contributed by atoms with Crippen LogP contribution >= 0.6 is 11.3 Å². The molecule has 0 radical (unpaired) electrons. The summed E-state index contributed by atoms with van der Waals surface area (Å²) in [5, 5.41) is 6.71. The Bertz CT molecular complexity index is 596. The van der Waals surface area contributed by atoms with Crippen molar-refractivity contribution in [3.63, 3.8) is 0 Å². The predicted octanol–water partition coefficient (Wildman–Crippen LogP) is 3.46. The first-order valence-corrected chi connectivity index (χ1v) is 7.51. The number of thiazole rings is 1. The minimum absolute atomic E-state index is 0.175. The fraction of sp³-hybridized carbons (Fsp3) is 0.400. The van der Waals surface area contributed by atoms with Gasteiger partial charge in [0.05, 0.1) is 6.04 Å². The van der Waals surface area contributed by atoms with E-state index in [2.05, 4.69) is 37.1 Å². The van der Waals surface area contributed by atoms with Crippen LogP contribution in [0.2, 0.25) is 0 Å². The third kappa shape index (κ3) is 2.51. The number of ether oxygens (including phenoxy) is 2. The highest BCUT2D eigenvalue weighted by Crippen LogP contribution is 2.36. The summed E-state index contributed by atoms with van der Waals surface area (Å²) in [6.45, 7) is 6.76. The Kier molecular flexibility index (Phi) is 3.40. The zero-order chi connectivity index (χ0) is 14.2. The summed E-state index contributed by atoms with van der Waals surface area (Å²) in [6, 6.07) is 6.30. The summed E-state index contributed by atoms with van der Waals surface area (Å²) in [5.74, 6) is 1.64. The van der Waals surface area contributed by atoms with E-state index in [1.54, 1.807) is 11.3 Å². The molecule has 2 heterocycles. The summed E-state index contributed by atoms with van der Waals surface area (Å²) in [6.07, 6.45) is 1.84. The van der Waals surface area contributed by atoms with E-state index in [9.17, 15) is 0 Å². The smallest absolute Gasteiger partial charge is 0.231 e. The van der Waals surface area contributed by atoms with Gasteiger partial charge in [0.1, 0.15) is 5.01 Å². The van der Waals surface area contributed by atoms with Crippen molar-refractivity contribution in [2.75, 3.05) is 6.79 Å². The highest BCUT2D eigenvalue weighted by molar-refractivity contribution is 7.09. The van der Waals surface area contributed by atoms with Crippen molar-refractivity contribution in [2.45, 2.75) is 32.4 Å². The number of nitrogens with zero attached hydrogens (tertiary/aromatic N) is 1. The molecule has 20 heavy (non-hydrogen) atoms. The lowest BCUT2D eigenvalue weighted by Gasteiger charge is -2.30. The minimum atomic E-state index is -0.175. The molecule has 0 bridgehead atoms. The molecule has 1 atom stereocenters. The molecule has 2 aromatic rings. The molecular weight excluding hydrogens is 272 g/mol. The van der Waals surface area contributed by atoms with Gasteiger partial charge in [0.15, 0.2) is 11.5 Å². The van der Waals surface area contributed by atoms with Gasteiger partial charge in [-0.2, -0.15) is 0 Å². The van der Waals surface area contributed by atoms with Crippen molar-refractivity contribution in [3.8, 4) is 11.5 Å². The normalized spacial score (nSPS) is 15.3. The van der Waals surface area contributed by atoms with Gasteiger partial charge < -0.3 is 9.47 Å². The van der Waals surface area contributed by atoms with Crippen LogP contribution in [0.1, 0.15) is 37.4 Å². The van der Waals surface area contributed by atoms with Crippen molar-refractivity contribution < 1.29 is 9.47 Å². The number of nitrogens with one attached hydrogen (secondary N) is 1. The van der Waals surface area contributed by atoms with E-state index in [-0.39, 0.29) is 11.6 Å². The maximum absolute atomic E-state index is 5.45. The molecular formula is C15H18N2O2S. The topological polar surface area (TPSA) is 43.4 Å². The second kappa shape index (κ2) is 5.07. The van der Waals surface area contributed by atoms with Crippen LogP contribution in [-0.4, -0.2) is 11.8 Å². The Labute approximate surface area is 122 Å². The van der Waals surface area contributed by atoms with Gasteiger partial charge in [-0.3, -0.25) is 5.32 Å². The Hall–Kier alpha value is -1.59. The number of fused-ring (bicyclic) bond motifs is 1. The number of benzene rings is 1. The summed E-state index contributed by atoms with van der Waals surface area (Å²) < 4.78 is 10.8. The number of aromatic nitrogens is 1. The summed E-state index contributed by atoms with van der Waals surface area (Å²) in [4.78, 5) is 4.36. The zero-order valence-electron chi connectivity index (χ0n) is 11.8. The Morgan fingerprint density at radius 3 is 2.85 bits per heavy atom. The van der Waals surface area contributed by atoms with Gasteiger partial charge in [0.25, 0.3) is 0 Å². The molecule has 0 fully saturated rings. The monoisotopic (exact) mass is 290 g/mol. The van der Waals surface area contributed by atoms with E-state index < -0.39 is 0 Å². The summed E-state index contributed by atoms with van der Waals surface area (Å²) in [7, 11) is 0. The molecule has 0 amide bonds. The number of hydrogen-bond donors (Lipinski definition) is 1. The molecule has 0 saturated carbocycles. The van der Waals surface area contributed by atoms with Crippen molar-refractivity contribution in [2.24, 2.45) is 0 Å². The molecule has 3 rings (SSSR count). The van der Waals surface area contributed by atoms with Crippen molar-refractivity contribution in [3.05, 3.63) is 40.3 Å². The van der Waals surface area contributed by atoms with Crippen LogP contribution in [0.15, 0.2) is 29.8 Å². The van der Waals surface area contributed by atoms with Crippen LogP contribution in [0.5, 0.6) is 11.5 Å². The van der Waals surface area contributed by atoms with Gasteiger partial charge in [-0.15, -0.1) is 11.3 Å². The van der Waals surface area contributed by atoms with Gasteiger partial charge in [-0.1, -0.05) is 6.07 Å². The molecule has 0 unspecified atom stereocenters. The molecule has 1 aliphatic rings. The molecule has 106 valence electrons. The molecule has 1 aliphatic heterocycles. The van der Waals surface area contributed by atoms with Crippen LogP contribution in [0, 0.1) is 0 Å². The van der Waals surface area contributed by atoms with Gasteiger partial charge in [-0.25, -0.2) is 4.98 Å². The first-order chi connectivity index (χ1) is 9.56. The predicted molar refractivity (Wildman–Crippen MR) is 79.3 cm³/mol. The summed E-state index contributed by atoms with van der Waals surface area (Å²) >= 11 is 1.67. The lowest BCUT2D eigenvalue weighted by molar-refractivity contribution is 0.174. The van der Waals surface area contributed by atoms with Gasteiger partial charge in [-0.05, 0) is 38.5 Å². The number of hydrogen-bond acceptors (Lipinski definition) is 5. The fourth-order valence-corrected chi connectivity index (χ4v) is 3.07. The average molecular weight is 290 g/mol. The van der Waals surface area contributed by atoms with Crippen molar-refractivity contribution in [1.82, 2.24) is 10.3 Å². The molecule has 1 N–H and O–H groups in total. The number of rotatable bonds is 4. The van der Waals surface area contributed by atoms with E-state index >= 15 is 0 Å². The maximum Gasteiger partial charge on any atom is 0.231 e. The molecule has 5 heteroatoms.